The predicted octanol–water partition coefficient (Wildman–Crippen LogP) is 2.39. The molecule has 32 heavy (non-hydrogen) atoms. The Labute approximate surface area is 185 Å². The van der Waals surface area contributed by atoms with Crippen molar-refractivity contribution in [3.8, 4) is 11.1 Å². The van der Waals surface area contributed by atoms with Gasteiger partial charge in [-0.2, -0.15) is 0 Å². The Morgan fingerprint density at radius 3 is 2.28 bits per heavy atom. The lowest BCUT2D eigenvalue weighted by Gasteiger charge is -2.37. The van der Waals surface area contributed by atoms with Gasteiger partial charge >= 0.3 is 12.1 Å². The summed E-state index contributed by atoms with van der Waals surface area (Å²) in [6.07, 6.45) is 2.13. The number of amides is 2. The van der Waals surface area contributed by atoms with Gasteiger partial charge in [0.15, 0.2) is 0 Å². The molecule has 1 aliphatic carbocycles. The number of nitrogens with one attached hydrogen (secondary N) is 1. The number of fused-ring (bicyclic) bond motifs is 3. The number of benzene rings is 2. The quantitative estimate of drug-likeness (QED) is 0.616. The summed E-state index contributed by atoms with van der Waals surface area (Å²) < 4.78 is 10.5. The van der Waals surface area contributed by atoms with Crippen molar-refractivity contribution in [1.29, 1.82) is 0 Å². The summed E-state index contributed by atoms with van der Waals surface area (Å²) in [7, 11) is 0. The second-order valence-corrected chi connectivity index (χ2v) is 7.68. The minimum atomic E-state index is -1.03. The van der Waals surface area contributed by atoms with Crippen molar-refractivity contribution >= 4 is 18.0 Å². The number of nitrogens with zero attached hydrogens (tertiary/aromatic N) is 1. The minimum absolute atomic E-state index is 0.00650. The highest BCUT2D eigenvalue weighted by Crippen LogP contribution is 2.44. The van der Waals surface area contributed by atoms with E-state index in [1.807, 2.05) is 24.3 Å². The van der Waals surface area contributed by atoms with E-state index < -0.39 is 12.1 Å². The molecule has 0 saturated carbocycles. The molecule has 4 rings (SSSR count). The maximum absolute atomic E-state index is 12.1. The number of carboxylic acid groups (broad SMARTS) is 1. The van der Waals surface area contributed by atoms with Crippen LogP contribution in [0.1, 0.15) is 17.0 Å². The number of hydrogen-bond donors (Lipinski definition) is 2. The van der Waals surface area contributed by atoms with Gasteiger partial charge in [0.2, 0.25) is 5.91 Å². The monoisotopic (exact) mass is 436 g/mol. The first-order chi connectivity index (χ1) is 15.5. The van der Waals surface area contributed by atoms with E-state index in [-0.39, 0.29) is 37.7 Å². The van der Waals surface area contributed by atoms with Crippen LogP contribution in [0.15, 0.2) is 60.7 Å². The zero-order valence-corrected chi connectivity index (χ0v) is 17.4. The van der Waals surface area contributed by atoms with Crippen LogP contribution in [0, 0.1) is 0 Å². The number of rotatable bonds is 8. The van der Waals surface area contributed by atoms with Gasteiger partial charge in [0.05, 0.1) is 6.10 Å². The lowest BCUT2D eigenvalue weighted by Crippen LogP contribution is -2.54. The molecule has 1 fully saturated rings. The molecule has 0 aromatic heterocycles. The van der Waals surface area contributed by atoms with Crippen molar-refractivity contribution < 1.29 is 29.0 Å². The van der Waals surface area contributed by atoms with Crippen LogP contribution in [0.25, 0.3) is 11.1 Å². The zero-order valence-electron chi connectivity index (χ0n) is 17.4. The molecule has 0 bridgehead atoms. The van der Waals surface area contributed by atoms with Crippen LogP contribution >= 0.6 is 0 Å². The molecule has 8 heteroatoms. The Morgan fingerprint density at radius 2 is 1.66 bits per heavy atom. The van der Waals surface area contributed by atoms with Gasteiger partial charge in [0, 0.05) is 31.6 Å². The van der Waals surface area contributed by atoms with Crippen molar-refractivity contribution in [3.05, 3.63) is 71.8 Å². The van der Waals surface area contributed by atoms with E-state index in [0.717, 1.165) is 11.1 Å². The van der Waals surface area contributed by atoms with Gasteiger partial charge in [-0.15, -0.1) is 0 Å². The summed E-state index contributed by atoms with van der Waals surface area (Å²) in [6.45, 7) is 0.738. The smallest absolute Gasteiger partial charge is 0.407 e. The van der Waals surface area contributed by atoms with Gasteiger partial charge in [-0.05, 0) is 22.3 Å². The molecule has 1 aliphatic heterocycles. The number of carbonyl (C=O) groups is 3. The molecule has 1 saturated heterocycles. The average molecular weight is 436 g/mol. The van der Waals surface area contributed by atoms with Gasteiger partial charge in [-0.25, -0.2) is 9.59 Å². The van der Waals surface area contributed by atoms with Crippen LogP contribution in [0.2, 0.25) is 0 Å². The standard InChI is InChI=1S/C24H24N2O6/c27-22(26-12-16(13-26)31-15-23(28)29)10-5-11-25-24(30)32-14-21-19-8-3-1-6-17(19)18-7-2-4-9-20(18)21/h1-10,16,21H,11-15H2,(H,25,30)(H,28,29)/b10-5+. The summed E-state index contributed by atoms with van der Waals surface area (Å²) in [4.78, 5) is 36.1. The van der Waals surface area contributed by atoms with Gasteiger partial charge in [0.1, 0.15) is 13.2 Å². The summed E-state index contributed by atoms with van der Waals surface area (Å²) in [5.74, 6) is -1.25. The Morgan fingerprint density at radius 1 is 1.03 bits per heavy atom. The van der Waals surface area contributed by atoms with E-state index in [1.54, 1.807) is 6.08 Å². The first-order valence-electron chi connectivity index (χ1n) is 10.4. The predicted molar refractivity (Wildman–Crippen MR) is 116 cm³/mol. The normalized spacial score (nSPS) is 15.2. The lowest BCUT2D eigenvalue weighted by molar-refractivity contribution is -0.152. The summed E-state index contributed by atoms with van der Waals surface area (Å²) in [5.41, 5.74) is 4.62. The Bertz CT molecular complexity index is 999. The molecule has 8 nitrogen and oxygen atoms in total. The Hall–Kier alpha value is -3.65. The largest absolute Gasteiger partial charge is 0.480 e. The van der Waals surface area contributed by atoms with Gasteiger partial charge < -0.3 is 24.8 Å². The van der Waals surface area contributed by atoms with Gasteiger partial charge in [-0.3, -0.25) is 4.79 Å². The highest BCUT2D eigenvalue weighted by molar-refractivity contribution is 5.88. The van der Waals surface area contributed by atoms with Crippen molar-refractivity contribution in [2.24, 2.45) is 0 Å². The molecule has 1 heterocycles. The Kier molecular flexibility index (Phi) is 6.51. The molecular weight excluding hydrogens is 412 g/mol. The lowest BCUT2D eigenvalue weighted by atomic mass is 9.98. The fourth-order valence-corrected chi connectivity index (χ4v) is 3.97. The first kappa shape index (κ1) is 21.6. The molecule has 2 aromatic rings. The molecule has 2 N–H and O–H groups in total. The number of hydrogen-bond acceptors (Lipinski definition) is 5. The molecule has 166 valence electrons. The van der Waals surface area contributed by atoms with Gasteiger partial charge in [0.25, 0.3) is 0 Å². The maximum Gasteiger partial charge on any atom is 0.407 e. The topological polar surface area (TPSA) is 105 Å². The average Bonchev–Trinajstić information content (AvgIpc) is 3.08. The van der Waals surface area contributed by atoms with Crippen LogP contribution < -0.4 is 5.32 Å². The van der Waals surface area contributed by atoms with Crippen molar-refractivity contribution in [3.63, 3.8) is 0 Å². The van der Waals surface area contributed by atoms with E-state index in [1.165, 1.54) is 22.1 Å². The molecule has 2 amide bonds. The fourth-order valence-electron chi connectivity index (χ4n) is 3.97. The first-order valence-corrected chi connectivity index (χ1v) is 10.4. The van der Waals surface area contributed by atoms with Crippen LogP contribution in [0.3, 0.4) is 0 Å². The molecule has 0 spiro atoms. The SMILES string of the molecule is O=C(O)COC1CN(C(=O)/C=C/CNC(=O)OCC2c3ccccc3-c3ccccc32)C1. The number of ether oxygens (including phenoxy) is 2. The molecule has 0 unspecified atom stereocenters. The van der Waals surface area contributed by atoms with Crippen LogP contribution in [-0.4, -0.2) is 66.9 Å². The van der Waals surface area contributed by atoms with Crippen molar-refractivity contribution in [1.82, 2.24) is 10.2 Å². The van der Waals surface area contributed by atoms with Crippen molar-refractivity contribution in [2.45, 2.75) is 12.0 Å². The summed E-state index contributed by atoms with van der Waals surface area (Å²) in [6, 6.07) is 16.2. The summed E-state index contributed by atoms with van der Waals surface area (Å²) in [5, 5.41) is 11.2. The van der Waals surface area contributed by atoms with E-state index in [2.05, 4.69) is 29.6 Å². The van der Waals surface area contributed by atoms with Crippen LogP contribution in [0.4, 0.5) is 4.79 Å². The van der Waals surface area contributed by atoms with E-state index >= 15 is 0 Å². The molecular formula is C24H24N2O6. The zero-order chi connectivity index (χ0) is 22.5. The van der Waals surface area contributed by atoms with Gasteiger partial charge in [-0.1, -0.05) is 54.6 Å². The third-order valence-electron chi connectivity index (χ3n) is 5.57. The molecule has 0 atom stereocenters. The third kappa shape index (κ3) is 4.81. The number of likely N-dealkylation sites (tertiary alicyclic amines) is 1. The highest BCUT2D eigenvalue weighted by Gasteiger charge is 2.31. The van der Waals surface area contributed by atoms with Crippen LogP contribution in [-0.2, 0) is 19.1 Å². The molecule has 2 aromatic carbocycles. The van der Waals surface area contributed by atoms with E-state index in [9.17, 15) is 14.4 Å². The Balaban J connectivity index is 1.20. The summed E-state index contributed by atoms with van der Waals surface area (Å²) >= 11 is 0. The molecule has 2 aliphatic rings. The number of carbonyl (C=O) groups excluding carboxylic acids is 2. The minimum Gasteiger partial charge on any atom is -0.480 e. The van der Waals surface area contributed by atoms with E-state index in [4.69, 9.17) is 14.6 Å². The molecule has 0 radical (unpaired) electrons. The fraction of sp³-hybridized carbons (Fsp3) is 0.292. The maximum atomic E-state index is 12.1. The second-order valence-electron chi connectivity index (χ2n) is 7.68. The third-order valence-corrected chi connectivity index (χ3v) is 5.57. The number of alkyl carbamates (subject to hydrolysis) is 1. The van der Waals surface area contributed by atoms with Crippen molar-refractivity contribution in [2.75, 3.05) is 32.8 Å². The van der Waals surface area contributed by atoms with Crippen LogP contribution in [0.5, 0.6) is 0 Å². The highest BCUT2D eigenvalue weighted by atomic mass is 16.5. The number of aliphatic carboxylic acids is 1. The number of carboxylic acids is 1. The second kappa shape index (κ2) is 9.65. The van der Waals surface area contributed by atoms with E-state index in [0.29, 0.717) is 13.1 Å².